The first-order chi connectivity index (χ1) is 7.53. The number of nitrogens with one attached hydrogen (secondary N) is 1. The fraction of sp³-hybridized carbons (Fsp3) is 0.909. The minimum Gasteiger partial charge on any atom is -0.314 e. The topological polar surface area (TPSA) is 55.6 Å². The number of likely N-dealkylation sites (N-methyl/N-ethyl adjacent to an activating group) is 1. The first-order valence-electron chi connectivity index (χ1n) is 5.99. The van der Waals surface area contributed by atoms with Crippen molar-refractivity contribution in [3.8, 4) is 0 Å². The number of nitrogens with zero attached hydrogens (tertiary/aromatic N) is 4. The van der Waals surface area contributed by atoms with Gasteiger partial charge in [-0.15, -0.1) is 10.2 Å². The summed E-state index contributed by atoms with van der Waals surface area (Å²) < 4.78 is 0. The summed E-state index contributed by atoms with van der Waals surface area (Å²) in [5, 5.41) is 15.7. The maximum atomic E-state index is 4.25. The molecule has 0 bridgehead atoms. The lowest BCUT2D eigenvalue weighted by molar-refractivity contribution is 0.403. The van der Waals surface area contributed by atoms with Crippen molar-refractivity contribution in [2.24, 2.45) is 18.4 Å². The van der Waals surface area contributed by atoms with Crippen molar-refractivity contribution in [2.45, 2.75) is 39.7 Å². The van der Waals surface area contributed by atoms with Crippen LogP contribution in [-0.2, 0) is 13.5 Å². The monoisotopic (exact) mass is 223 g/mol. The van der Waals surface area contributed by atoms with Gasteiger partial charge in [-0.25, -0.2) is 0 Å². The van der Waals surface area contributed by atoms with Gasteiger partial charge in [0.2, 0.25) is 0 Å². The number of aromatic nitrogens is 4. The van der Waals surface area contributed by atoms with E-state index in [4.69, 9.17) is 0 Å². The number of hydrogen-bond donors (Lipinski definition) is 1. The molecule has 0 aromatic carbocycles. The molecule has 1 fully saturated rings. The molecule has 0 saturated heterocycles. The van der Waals surface area contributed by atoms with Crippen molar-refractivity contribution >= 4 is 0 Å². The zero-order valence-electron chi connectivity index (χ0n) is 10.6. The Balaban J connectivity index is 1.98. The molecule has 2 unspecified atom stereocenters. The normalized spacial score (nSPS) is 24.4. The van der Waals surface area contributed by atoms with Crippen LogP contribution in [0, 0.1) is 11.3 Å². The van der Waals surface area contributed by atoms with Crippen LogP contribution < -0.4 is 5.32 Å². The molecule has 2 rings (SSSR count). The van der Waals surface area contributed by atoms with Crippen LogP contribution in [0.3, 0.4) is 0 Å². The highest BCUT2D eigenvalue weighted by Gasteiger charge is 2.49. The Labute approximate surface area is 96.6 Å². The van der Waals surface area contributed by atoms with E-state index in [1.54, 1.807) is 7.05 Å². The van der Waals surface area contributed by atoms with E-state index in [1.807, 2.05) is 0 Å². The molecule has 16 heavy (non-hydrogen) atoms. The van der Waals surface area contributed by atoms with Crippen molar-refractivity contribution in [3.05, 3.63) is 5.82 Å². The summed E-state index contributed by atoms with van der Waals surface area (Å²) in [5.74, 6) is 1.59. The van der Waals surface area contributed by atoms with Crippen LogP contribution >= 0.6 is 0 Å². The van der Waals surface area contributed by atoms with Gasteiger partial charge in [-0.05, 0) is 29.5 Å². The molecule has 0 spiro atoms. The molecule has 2 atom stereocenters. The fourth-order valence-electron chi connectivity index (χ4n) is 2.42. The predicted molar refractivity (Wildman–Crippen MR) is 61.9 cm³/mol. The molecular formula is C11H21N5. The molecule has 1 aliphatic carbocycles. The van der Waals surface area contributed by atoms with Crippen LogP contribution in [0.1, 0.15) is 33.0 Å². The van der Waals surface area contributed by atoms with Gasteiger partial charge >= 0.3 is 0 Å². The molecule has 1 N–H and O–H groups in total. The average molecular weight is 223 g/mol. The molecular weight excluding hydrogens is 202 g/mol. The zero-order valence-corrected chi connectivity index (χ0v) is 10.6. The van der Waals surface area contributed by atoms with E-state index in [-0.39, 0.29) is 0 Å². The third-order valence-electron chi connectivity index (χ3n) is 3.49. The van der Waals surface area contributed by atoms with Crippen molar-refractivity contribution in [1.29, 1.82) is 0 Å². The van der Waals surface area contributed by atoms with Crippen LogP contribution in [0.25, 0.3) is 0 Å². The van der Waals surface area contributed by atoms with Gasteiger partial charge in [-0.2, -0.15) is 4.80 Å². The molecule has 0 radical (unpaired) electrons. The van der Waals surface area contributed by atoms with Crippen molar-refractivity contribution in [2.75, 3.05) is 6.54 Å². The largest absolute Gasteiger partial charge is 0.314 e. The summed E-state index contributed by atoms with van der Waals surface area (Å²) in [7, 11) is 1.81. The Bertz CT molecular complexity index is 357. The molecule has 5 nitrogen and oxygen atoms in total. The molecule has 1 aliphatic rings. The Morgan fingerprint density at radius 2 is 2.25 bits per heavy atom. The first kappa shape index (κ1) is 11.5. The van der Waals surface area contributed by atoms with Crippen molar-refractivity contribution in [3.63, 3.8) is 0 Å². The van der Waals surface area contributed by atoms with Gasteiger partial charge in [-0.3, -0.25) is 0 Å². The molecule has 1 heterocycles. The van der Waals surface area contributed by atoms with E-state index in [9.17, 15) is 0 Å². The minimum absolute atomic E-state index is 0.481. The van der Waals surface area contributed by atoms with Crippen LogP contribution in [0.15, 0.2) is 0 Å². The maximum Gasteiger partial charge on any atom is 0.176 e. The third kappa shape index (κ3) is 2.40. The lowest BCUT2D eigenvalue weighted by atomic mass is 10.0. The van der Waals surface area contributed by atoms with Gasteiger partial charge in [0.15, 0.2) is 5.82 Å². The van der Waals surface area contributed by atoms with Gasteiger partial charge in [0.1, 0.15) is 0 Å². The number of hydrogen-bond acceptors (Lipinski definition) is 4. The molecule has 90 valence electrons. The van der Waals surface area contributed by atoms with Crippen molar-refractivity contribution < 1.29 is 0 Å². The average Bonchev–Trinajstić information content (AvgIpc) is 2.64. The Morgan fingerprint density at radius 3 is 2.69 bits per heavy atom. The van der Waals surface area contributed by atoms with Crippen LogP contribution in [0.5, 0.6) is 0 Å². The summed E-state index contributed by atoms with van der Waals surface area (Å²) >= 11 is 0. The smallest absolute Gasteiger partial charge is 0.176 e. The van der Waals surface area contributed by atoms with Gasteiger partial charge < -0.3 is 5.32 Å². The van der Waals surface area contributed by atoms with Gasteiger partial charge in [0, 0.05) is 12.5 Å². The second-order valence-electron chi connectivity index (χ2n) is 5.36. The highest BCUT2D eigenvalue weighted by atomic mass is 15.6. The van der Waals surface area contributed by atoms with E-state index in [0.29, 0.717) is 11.5 Å². The maximum absolute atomic E-state index is 4.25. The first-order valence-corrected chi connectivity index (χ1v) is 5.99. The Kier molecular flexibility index (Phi) is 2.97. The van der Waals surface area contributed by atoms with Crippen LogP contribution in [-0.4, -0.2) is 32.8 Å². The van der Waals surface area contributed by atoms with Crippen LogP contribution in [0.2, 0.25) is 0 Å². The summed E-state index contributed by atoms with van der Waals surface area (Å²) in [5.41, 5.74) is 0.481. The summed E-state index contributed by atoms with van der Waals surface area (Å²) in [4.78, 5) is 1.52. The second kappa shape index (κ2) is 4.13. The molecule has 0 amide bonds. The van der Waals surface area contributed by atoms with E-state index >= 15 is 0 Å². The van der Waals surface area contributed by atoms with E-state index in [0.717, 1.165) is 24.7 Å². The molecule has 1 aromatic heterocycles. The van der Waals surface area contributed by atoms with Crippen LogP contribution in [0.4, 0.5) is 0 Å². The summed E-state index contributed by atoms with van der Waals surface area (Å²) in [6, 6.07) is 0.490. The standard InChI is InChI=1S/C11H21N5/c1-5-12-9(8-7-11(8,2)3)6-10-13-15-16(4)14-10/h8-9,12H,5-7H2,1-4H3. The number of rotatable bonds is 5. The Morgan fingerprint density at radius 1 is 1.56 bits per heavy atom. The molecule has 5 heteroatoms. The van der Waals surface area contributed by atoms with E-state index < -0.39 is 0 Å². The number of aryl methyl sites for hydroxylation is 1. The Hall–Kier alpha value is -0.970. The molecule has 1 aromatic rings. The summed E-state index contributed by atoms with van der Waals surface area (Å²) in [6.07, 6.45) is 2.18. The fourth-order valence-corrected chi connectivity index (χ4v) is 2.42. The lowest BCUT2D eigenvalue weighted by Crippen LogP contribution is -2.34. The zero-order chi connectivity index (χ0) is 11.8. The third-order valence-corrected chi connectivity index (χ3v) is 3.49. The SMILES string of the molecule is CCNC(Cc1nnn(C)n1)C1CC1(C)C. The van der Waals surface area contributed by atoms with Crippen molar-refractivity contribution in [1.82, 2.24) is 25.5 Å². The highest BCUT2D eigenvalue weighted by Crippen LogP contribution is 2.53. The summed E-state index contributed by atoms with van der Waals surface area (Å²) in [6.45, 7) is 7.79. The highest BCUT2D eigenvalue weighted by molar-refractivity contribution is 5.04. The second-order valence-corrected chi connectivity index (χ2v) is 5.36. The minimum atomic E-state index is 0.481. The van der Waals surface area contributed by atoms with E-state index in [1.165, 1.54) is 11.2 Å². The van der Waals surface area contributed by atoms with Gasteiger partial charge in [0.25, 0.3) is 0 Å². The van der Waals surface area contributed by atoms with Gasteiger partial charge in [0.05, 0.1) is 7.05 Å². The number of tetrazole rings is 1. The lowest BCUT2D eigenvalue weighted by Gasteiger charge is -2.17. The molecule has 0 aliphatic heterocycles. The van der Waals surface area contributed by atoms with E-state index in [2.05, 4.69) is 41.5 Å². The predicted octanol–water partition coefficient (Wildman–Crippen LogP) is 0.777. The quantitative estimate of drug-likeness (QED) is 0.801. The van der Waals surface area contributed by atoms with Gasteiger partial charge in [-0.1, -0.05) is 20.8 Å². The molecule has 1 saturated carbocycles.